The largest absolute Gasteiger partial charge is 0.234 e. The van der Waals surface area contributed by atoms with E-state index in [1.54, 1.807) is 0 Å². The van der Waals surface area contributed by atoms with Crippen LogP contribution in [0.15, 0.2) is 5.57 Å². The molecule has 0 aromatic rings. The van der Waals surface area contributed by atoms with Crippen molar-refractivity contribution in [3.8, 4) is 0 Å². The van der Waals surface area contributed by atoms with Crippen LogP contribution >= 0.6 is 0 Å². The second kappa shape index (κ2) is 7.56. The molecule has 0 heterocycles. The lowest BCUT2D eigenvalue weighted by molar-refractivity contribution is 0.563. The third-order valence-corrected chi connectivity index (χ3v) is 1.90. The van der Waals surface area contributed by atoms with Gasteiger partial charge in [0.05, 0.1) is 0 Å². The topological polar surface area (TPSA) is 17.1 Å². The van der Waals surface area contributed by atoms with Gasteiger partial charge in [-0.25, -0.2) is 4.79 Å². The van der Waals surface area contributed by atoms with E-state index in [0.29, 0.717) is 0 Å². The van der Waals surface area contributed by atoms with Crippen molar-refractivity contribution in [3.63, 3.8) is 0 Å². The van der Waals surface area contributed by atoms with Crippen molar-refractivity contribution >= 4 is 5.94 Å². The maximum atomic E-state index is 10.2. The molecule has 0 aliphatic heterocycles. The highest BCUT2D eigenvalue weighted by Gasteiger charge is 1.94. The first kappa shape index (κ1) is 10.4. The van der Waals surface area contributed by atoms with Gasteiger partial charge in [-0.1, -0.05) is 33.1 Å². The lowest BCUT2D eigenvalue weighted by atomic mass is 10.1. The Balaban J connectivity index is 3.30. The van der Waals surface area contributed by atoms with Crippen molar-refractivity contribution < 1.29 is 4.79 Å². The van der Waals surface area contributed by atoms with E-state index in [9.17, 15) is 4.79 Å². The van der Waals surface area contributed by atoms with Gasteiger partial charge in [0.25, 0.3) is 0 Å². The van der Waals surface area contributed by atoms with Crippen molar-refractivity contribution in [1.29, 1.82) is 0 Å². The molecule has 11 heavy (non-hydrogen) atoms. The lowest BCUT2D eigenvalue weighted by Gasteiger charge is -1.98. The van der Waals surface area contributed by atoms with Gasteiger partial charge >= 0.3 is 0 Å². The third kappa shape index (κ3) is 5.87. The molecule has 1 nitrogen and oxygen atoms in total. The molecule has 0 aliphatic rings. The van der Waals surface area contributed by atoms with Gasteiger partial charge in [0, 0.05) is 5.57 Å². The summed E-state index contributed by atoms with van der Waals surface area (Å²) in [5.41, 5.74) is 0.945. The number of rotatable bonds is 6. The summed E-state index contributed by atoms with van der Waals surface area (Å²) in [5, 5.41) is 0. The molecule has 64 valence electrons. The number of hydrogen-bond acceptors (Lipinski definition) is 1. The standard InChI is InChI=1S/C10H18O/c1-3-5-6-7-8-10(4-2)9-11/h3-8H2,1-2H3. The Labute approximate surface area is 69.5 Å². The van der Waals surface area contributed by atoms with Crippen molar-refractivity contribution in [2.45, 2.75) is 52.4 Å². The zero-order chi connectivity index (χ0) is 8.53. The zero-order valence-electron chi connectivity index (χ0n) is 7.65. The molecule has 0 bridgehead atoms. The zero-order valence-corrected chi connectivity index (χ0v) is 7.65. The molecule has 1 heteroatoms. The first-order valence-electron chi connectivity index (χ1n) is 4.58. The van der Waals surface area contributed by atoms with Crippen LogP contribution in [0, 0.1) is 0 Å². The monoisotopic (exact) mass is 154 g/mol. The van der Waals surface area contributed by atoms with E-state index in [2.05, 4.69) is 6.92 Å². The minimum atomic E-state index is 0.871. The second-order valence-corrected chi connectivity index (χ2v) is 2.87. The van der Waals surface area contributed by atoms with Crippen molar-refractivity contribution in [2.24, 2.45) is 0 Å². The fourth-order valence-corrected chi connectivity index (χ4v) is 1.07. The summed E-state index contributed by atoms with van der Waals surface area (Å²) in [5.74, 6) is 2.00. The first-order valence-corrected chi connectivity index (χ1v) is 4.58. The van der Waals surface area contributed by atoms with Crippen molar-refractivity contribution in [2.75, 3.05) is 0 Å². The molecule has 0 aromatic heterocycles. The van der Waals surface area contributed by atoms with Gasteiger partial charge in [-0.15, -0.1) is 0 Å². The van der Waals surface area contributed by atoms with E-state index >= 15 is 0 Å². The second-order valence-electron chi connectivity index (χ2n) is 2.87. The summed E-state index contributed by atoms with van der Waals surface area (Å²) in [6.07, 6.45) is 6.78. The molecule has 0 aliphatic carbocycles. The van der Waals surface area contributed by atoms with Gasteiger partial charge in [0.1, 0.15) is 5.94 Å². The van der Waals surface area contributed by atoms with Crippen LogP contribution in [0.5, 0.6) is 0 Å². The molecule has 0 atom stereocenters. The molecule has 0 fully saturated rings. The molecule has 0 saturated carbocycles. The van der Waals surface area contributed by atoms with E-state index < -0.39 is 0 Å². The predicted molar refractivity (Wildman–Crippen MR) is 48.3 cm³/mol. The molecular formula is C10H18O. The maximum absolute atomic E-state index is 10.2. The molecule has 0 radical (unpaired) electrons. The molecule has 0 N–H and O–H groups in total. The summed E-state index contributed by atoms with van der Waals surface area (Å²) in [4.78, 5) is 10.2. The van der Waals surface area contributed by atoms with Gasteiger partial charge < -0.3 is 0 Å². The van der Waals surface area contributed by atoms with E-state index in [4.69, 9.17) is 0 Å². The van der Waals surface area contributed by atoms with Crippen LogP contribution in [0.4, 0.5) is 0 Å². The van der Waals surface area contributed by atoms with Crippen LogP contribution in [0.1, 0.15) is 52.4 Å². The van der Waals surface area contributed by atoms with E-state index in [1.807, 2.05) is 12.9 Å². The van der Waals surface area contributed by atoms with Crippen LogP contribution in [0.3, 0.4) is 0 Å². The van der Waals surface area contributed by atoms with Gasteiger partial charge in [-0.2, -0.15) is 0 Å². The Morgan fingerprint density at radius 1 is 1.18 bits per heavy atom. The average molecular weight is 154 g/mol. The Bertz CT molecular complexity index is 132. The quantitative estimate of drug-likeness (QED) is 0.424. The van der Waals surface area contributed by atoms with Gasteiger partial charge in [0.2, 0.25) is 0 Å². The molecule has 0 spiro atoms. The van der Waals surface area contributed by atoms with Crippen molar-refractivity contribution in [1.82, 2.24) is 0 Å². The molecule has 0 saturated heterocycles. The number of allylic oxidation sites excluding steroid dienone is 1. The van der Waals surface area contributed by atoms with E-state index in [0.717, 1.165) is 24.8 Å². The summed E-state index contributed by atoms with van der Waals surface area (Å²) in [7, 11) is 0. The molecular weight excluding hydrogens is 136 g/mol. The minimum Gasteiger partial charge on any atom is -0.234 e. The molecule has 0 rings (SSSR count). The van der Waals surface area contributed by atoms with Crippen LogP contribution < -0.4 is 0 Å². The molecule has 0 amide bonds. The first-order chi connectivity index (χ1) is 5.35. The highest BCUT2D eigenvalue weighted by atomic mass is 16.1. The van der Waals surface area contributed by atoms with Gasteiger partial charge in [-0.05, 0) is 19.3 Å². The fourth-order valence-electron chi connectivity index (χ4n) is 1.07. The smallest absolute Gasteiger partial charge is 0.123 e. The summed E-state index contributed by atoms with van der Waals surface area (Å²) >= 11 is 0. The summed E-state index contributed by atoms with van der Waals surface area (Å²) in [6, 6.07) is 0. The van der Waals surface area contributed by atoms with Crippen LogP contribution in [0.2, 0.25) is 0 Å². The van der Waals surface area contributed by atoms with Crippen LogP contribution in [-0.2, 0) is 4.79 Å². The van der Waals surface area contributed by atoms with Crippen LogP contribution in [-0.4, -0.2) is 5.94 Å². The van der Waals surface area contributed by atoms with Gasteiger partial charge in [0.15, 0.2) is 0 Å². The Hall–Kier alpha value is -0.550. The summed E-state index contributed by atoms with van der Waals surface area (Å²) in [6.45, 7) is 4.20. The highest BCUT2D eigenvalue weighted by Crippen LogP contribution is 2.09. The van der Waals surface area contributed by atoms with E-state index in [1.165, 1.54) is 19.3 Å². The average Bonchev–Trinajstić information content (AvgIpc) is 2.05. The van der Waals surface area contributed by atoms with Crippen molar-refractivity contribution in [3.05, 3.63) is 5.57 Å². The van der Waals surface area contributed by atoms with E-state index in [-0.39, 0.29) is 0 Å². The molecule has 0 unspecified atom stereocenters. The Morgan fingerprint density at radius 2 is 1.91 bits per heavy atom. The number of unbranched alkanes of at least 4 members (excludes halogenated alkanes) is 3. The Morgan fingerprint density at radius 3 is 2.36 bits per heavy atom. The summed E-state index contributed by atoms with van der Waals surface area (Å²) < 4.78 is 0. The number of carbonyl (C=O) groups excluding carboxylic acids is 1. The third-order valence-electron chi connectivity index (χ3n) is 1.90. The Kier molecular flexibility index (Phi) is 7.18. The lowest BCUT2D eigenvalue weighted by Crippen LogP contribution is -1.83. The maximum Gasteiger partial charge on any atom is 0.123 e. The minimum absolute atomic E-state index is 0.871. The molecule has 0 aromatic carbocycles. The normalized spacial score (nSPS) is 9.27. The predicted octanol–water partition coefficient (Wildman–Crippen LogP) is 3.12. The number of hydrogen-bond donors (Lipinski definition) is 0. The van der Waals surface area contributed by atoms with Gasteiger partial charge in [-0.3, -0.25) is 0 Å². The van der Waals surface area contributed by atoms with Crippen LogP contribution in [0.25, 0.3) is 0 Å². The fraction of sp³-hybridized carbons (Fsp3) is 0.800. The highest BCUT2D eigenvalue weighted by molar-refractivity contribution is 5.51. The SMILES string of the molecule is CCCCCCC(=C=O)CC.